The summed E-state index contributed by atoms with van der Waals surface area (Å²) in [6.45, 7) is -0.489. The molecule has 2 aliphatic rings. The third-order valence-corrected chi connectivity index (χ3v) is 5.83. The predicted octanol–water partition coefficient (Wildman–Crippen LogP) is 0.376. The van der Waals surface area contributed by atoms with Gasteiger partial charge < -0.3 is 48.5 Å². The monoisotopic (exact) mass is 474 g/mol. The van der Waals surface area contributed by atoms with Crippen LogP contribution in [0.5, 0.6) is 23.0 Å². The lowest BCUT2D eigenvalue weighted by atomic mass is 9.99. The van der Waals surface area contributed by atoms with Gasteiger partial charge in [-0.1, -0.05) is 6.07 Å². The summed E-state index contributed by atoms with van der Waals surface area (Å²) < 4.78 is 32.8. The van der Waals surface area contributed by atoms with Crippen molar-refractivity contribution in [2.45, 2.75) is 30.7 Å². The molecule has 2 aromatic carbocycles. The average molecular weight is 474 g/mol. The first kappa shape index (κ1) is 22.4. The topological polar surface area (TPSA) is 157 Å². The number of aliphatic hydroxyl groups is 4. The highest BCUT2D eigenvalue weighted by Gasteiger charge is 2.45. The quantitative estimate of drug-likeness (QED) is 0.405. The van der Waals surface area contributed by atoms with Crippen LogP contribution in [0.15, 0.2) is 45.8 Å². The van der Waals surface area contributed by atoms with Gasteiger partial charge in [0.2, 0.25) is 18.5 Å². The molecule has 3 heterocycles. The van der Waals surface area contributed by atoms with Crippen molar-refractivity contribution in [2.24, 2.45) is 0 Å². The second-order valence-corrected chi connectivity index (χ2v) is 7.86. The summed E-state index contributed by atoms with van der Waals surface area (Å²) in [5.41, 5.74) is 0.739. The van der Waals surface area contributed by atoms with Crippen molar-refractivity contribution in [3.8, 4) is 34.1 Å². The molecule has 11 nitrogen and oxygen atoms in total. The van der Waals surface area contributed by atoms with Crippen molar-refractivity contribution in [3.63, 3.8) is 0 Å². The van der Waals surface area contributed by atoms with E-state index >= 15 is 0 Å². The minimum Gasteiger partial charge on any atom is -0.493 e. The molecule has 1 aromatic heterocycles. The zero-order valence-corrected chi connectivity index (χ0v) is 17.9. The van der Waals surface area contributed by atoms with Gasteiger partial charge in [0.15, 0.2) is 23.0 Å². The molecule has 0 saturated carbocycles. The van der Waals surface area contributed by atoms with Gasteiger partial charge in [-0.25, -0.2) is 0 Å². The van der Waals surface area contributed by atoms with E-state index in [0.29, 0.717) is 22.6 Å². The predicted molar refractivity (Wildman–Crippen MR) is 115 cm³/mol. The van der Waals surface area contributed by atoms with Crippen LogP contribution in [0.4, 0.5) is 0 Å². The number of hydrogen-bond donors (Lipinski definition) is 4. The number of ether oxygens (including phenoxy) is 5. The van der Waals surface area contributed by atoms with Crippen LogP contribution in [0.1, 0.15) is 0 Å². The number of aliphatic hydroxyl groups excluding tert-OH is 4. The SMILES string of the molecule is COc1cc2c(=O)c(-c3ccc4c(c3)OCO4)coc2cc1OC1OC(CO)C(O)C(O)C1O. The van der Waals surface area contributed by atoms with Crippen LogP contribution in [0.2, 0.25) is 0 Å². The van der Waals surface area contributed by atoms with Gasteiger partial charge in [-0.3, -0.25) is 4.79 Å². The average Bonchev–Trinajstić information content (AvgIpc) is 3.32. The van der Waals surface area contributed by atoms with Crippen molar-refractivity contribution in [1.29, 1.82) is 0 Å². The molecule has 3 aromatic rings. The summed E-state index contributed by atoms with van der Waals surface area (Å²) in [7, 11) is 1.37. The van der Waals surface area contributed by atoms with E-state index in [0.717, 1.165) is 0 Å². The van der Waals surface area contributed by atoms with Crippen LogP contribution in [0, 0.1) is 0 Å². The molecule has 4 N–H and O–H groups in total. The van der Waals surface area contributed by atoms with Gasteiger partial charge in [-0.2, -0.15) is 0 Å². The zero-order valence-electron chi connectivity index (χ0n) is 17.9. The molecule has 1 fully saturated rings. The Hall–Kier alpha value is -3.35. The van der Waals surface area contributed by atoms with Crippen molar-refractivity contribution < 1.29 is 48.5 Å². The smallest absolute Gasteiger partial charge is 0.231 e. The fourth-order valence-electron chi connectivity index (χ4n) is 3.94. The molecule has 2 aliphatic heterocycles. The van der Waals surface area contributed by atoms with Gasteiger partial charge in [0.1, 0.15) is 36.3 Å². The number of methoxy groups -OCH3 is 1. The Kier molecular flexibility index (Phi) is 5.80. The normalized spacial score (nSPS) is 26.0. The minimum atomic E-state index is -1.61. The lowest BCUT2D eigenvalue weighted by molar-refractivity contribution is -0.277. The van der Waals surface area contributed by atoms with E-state index in [1.54, 1.807) is 18.2 Å². The Morgan fingerprint density at radius 3 is 2.56 bits per heavy atom. The standard InChI is InChI=1S/C23H22O11/c1-29-15-5-11-14(6-17(15)33-23-22(28)21(27)20(26)18(7-24)34-23)30-8-12(19(11)25)10-2-3-13-16(4-10)32-9-31-13/h2-6,8,18,20-24,26-28H,7,9H2,1H3. The van der Waals surface area contributed by atoms with Gasteiger partial charge >= 0.3 is 0 Å². The van der Waals surface area contributed by atoms with Crippen LogP contribution >= 0.6 is 0 Å². The Labute approximate surface area is 192 Å². The third kappa shape index (κ3) is 3.73. The van der Waals surface area contributed by atoms with Crippen LogP contribution in [0.3, 0.4) is 0 Å². The maximum Gasteiger partial charge on any atom is 0.231 e. The molecule has 0 aliphatic carbocycles. The van der Waals surface area contributed by atoms with E-state index in [-0.39, 0.29) is 34.7 Å². The molecular weight excluding hydrogens is 452 g/mol. The Balaban J connectivity index is 1.50. The Bertz CT molecular complexity index is 1270. The van der Waals surface area contributed by atoms with E-state index in [9.17, 15) is 25.2 Å². The molecule has 0 bridgehead atoms. The number of rotatable bonds is 5. The molecule has 0 amide bonds. The van der Waals surface area contributed by atoms with Crippen molar-refractivity contribution in [1.82, 2.24) is 0 Å². The van der Waals surface area contributed by atoms with Crippen LogP contribution in [0.25, 0.3) is 22.1 Å². The number of fused-ring (bicyclic) bond motifs is 2. The number of benzene rings is 2. The lowest BCUT2D eigenvalue weighted by Gasteiger charge is -2.39. The minimum absolute atomic E-state index is 0.0540. The lowest BCUT2D eigenvalue weighted by Crippen LogP contribution is -2.60. The summed E-state index contributed by atoms with van der Waals surface area (Å²) in [4.78, 5) is 13.2. The van der Waals surface area contributed by atoms with Gasteiger partial charge in [0, 0.05) is 6.07 Å². The largest absolute Gasteiger partial charge is 0.493 e. The maximum atomic E-state index is 13.2. The summed E-state index contributed by atoms with van der Waals surface area (Å²) in [6, 6.07) is 7.93. The van der Waals surface area contributed by atoms with Gasteiger partial charge in [-0.15, -0.1) is 0 Å². The van der Waals surface area contributed by atoms with Crippen LogP contribution in [-0.4, -0.2) is 71.6 Å². The van der Waals surface area contributed by atoms with Gasteiger partial charge in [0.25, 0.3) is 0 Å². The van der Waals surface area contributed by atoms with Gasteiger partial charge in [0.05, 0.1) is 24.7 Å². The Morgan fingerprint density at radius 1 is 1.00 bits per heavy atom. The molecule has 0 spiro atoms. The first-order chi connectivity index (χ1) is 16.4. The molecule has 180 valence electrons. The zero-order chi connectivity index (χ0) is 24.0. The van der Waals surface area contributed by atoms with E-state index in [1.165, 1.54) is 25.5 Å². The highest BCUT2D eigenvalue weighted by atomic mass is 16.7. The summed E-state index contributed by atoms with van der Waals surface area (Å²) in [5.74, 6) is 1.31. The van der Waals surface area contributed by atoms with E-state index < -0.39 is 37.3 Å². The number of hydrogen-bond acceptors (Lipinski definition) is 11. The van der Waals surface area contributed by atoms with Crippen molar-refractivity contribution in [2.75, 3.05) is 20.5 Å². The summed E-state index contributed by atoms with van der Waals surface area (Å²) >= 11 is 0. The fraction of sp³-hybridized carbons (Fsp3) is 0.348. The van der Waals surface area contributed by atoms with E-state index in [1.807, 2.05) is 0 Å². The second kappa shape index (κ2) is 8.78. The maximum absolute atomic E-state index is 13.2. The van der Waals surface area contributed by atoms with E-state index in [4.69, 9.17) is 28.1 Å². The molecule has 0 radical (unpaired) electrons. The first-order valence-electron chi connectivity index (χ1n) is 10.4. The van der Waals surface area contributed by atoms with Crippen LogP contribution in [-0.2, 0) is 4.74 Å². The second-order valence-electron chi connectivity index (χ2n) is 7.86. The highest BCUT2D eigenvalue weighted by molar-refractivity contribution is 5.85. The molecule has 5 rings (SSSR count). The van der Waals surface area contributed by atoms with E-state index in [2.05, 4.69) is 0 Å². The molecule has 5 unspecified atom stereocenters. The fourth-order valence-corrected chi connectivity index (χ4v) is 3.94. The first-order valence-corrected chi connectivity index (χ1v) is 10.4. The van der Waals surface area contributed by atoms with Crippen LogP contribution < -0.4 is 24.4 Å². The summed E-state index contributed by atoms with van der Waals surface area (Å²) in [6.07, 6.45) is -6.00. The third-order valence-electron chi connectivity index (χ3n) is 5.83. The summed E-state index contributed by atoms with van der Waals surface area (Å²) in [5, 5.41) is 39.8. The molecule has 11 heteroatoms. The Morgan fingerprint density at radius 2 is 1.79 bits per heavy atom. The van der Waals surface area contributed by atoms with Crippen molar-refractivity contribution >= 4 is 11.0 Å². The molecule has 1 saturated heterocycles. The molecular formula is C23H22O11. The van der Waals surface area contributed by atoms with Crippen molar-refractivity contribution in [3.05, 3.63) is 46.8 Å². The molecule has 34 heavy (non-hydrogen) atoms. The molecule has 5 atom stereocenters. The highest BCUT2D eigenvalue weighted by Crippen LogP contribution is 2.37. The van der Waals surface area contributed by atoms with Gasteiger partial charge in [-0.05, 0) is 23.8 Å².